The Labute approximate surface area is 186 Å². The Morgan fingerprint density at radius 1 is 1.03 bits per heavy atom. The standard InChI is InChI=1S/C23H35N3O4S/c1-17-8-9-19(3)21(16-17)31(29,30)26-14-12-25(13-15-26)23(28)11-10-22(27)24-20-7-5-4-6-18(20)2/h8-9,16,18,20H,4-7,10-15H2,1-3H3,(H,24,27). The van der Waals surface area contributed by atoms with Crippen molar-refractivity contribution in [1.82, 2.24) is 14.5 Å². The third-order valence-electron chi connectivity index (χ3n) is 6.58. The molecule has 172 valence electrons. The fourth-order valence-electron chi connectivity index (χ4n) is 4.49. The van der Waals surface area contributed by atoms with Gasteiger partial charge >= 0.3 is 0 Å². The lowest BCUT2D eigenvalue weighted by atomic mass is 9.86. The van der Waals surface area contributed by atoms with Crippen molar-refractivity contribution in [1.29, 1.82) is 0 Å². The maximum Gasteiger partial charge on any atom is 0.243 e. The lowest BCUT2D eigenvalue weighted by Crippen LogP contribution is -2.50. The first-order valence-corrected chi connectivity index (χ1v) is 12.8. The minimum Gasteiger partial charge on any atom is -0.353 e. The molecule has 0 bridgehead atoms. The summed E-state index contributed by atoms with van der Waals surface area (Å²) in [4.78, 5) is 26.8. The highest BCUT2D eigenvalue weighted by atomic mass is 32.2. The van der Waals surface area contributed by atoms with E-state index in [4.69, 9.17) is 0 Å². The van der Waals surface area contributed by atoms with Gasteiger partial charge in [0.1, 0.15) is 0 Å². The molecule has 2 fully saturated rings. The SMILES string of the molecule is Cc1ccc(C)c(S(=O)(=O)N2CCN(C(=O)CCC(=O)NC3CCCCC3C)CC2)c1. The number of nitrogens with zero attached hydrogens (tertiary/aromatic N) is 2. The van der Waals surface area contributed by atoms with Crippen molar-refractivity contribution in [3.63, 3.8) is 0 Å². The number of aryl methyl sites for hydroxylation is 2. The molecule has 1 aromatic rings. The molecular weight excluding hydrogens is 414 g/mol. The molecule has 31 heavy (non-hydrogen) atoms. The van der Waals surface area contributed by atoms with Gasteiger partial charge in [-0.3, -0.25) is 9.59 Å². The monoisotopic (exact) mass is 449 g/mol. The van der Waals surface area contributed by atoms with E-state index in [1.165, 1.54) is 10.7 Å². The first-order valence-electron chi connectivity index (χ1n) is 11.3. The van der Waals surface area contributed by atoms with Crippen LogP contribution in [0.2, 0.25) is 0 Å². The number of rotatable bonds is 6. The highest BCUT2D eigenvalue weighted by molar-refractivity contribution is 7.89. The number of carbonyl (C=O) groups excluding carboxylic acids is 2. The van der Waals surface area contributed by atoms with Crippen LogP contribution in [0.3, 0.4) is 0 Å². The summed E-state index contributed by atoms with van der Waals surface area (Å²) in [6.45, 7) is 7.08. The van der Waals surface area contributed by atoms with Gasteiger partial charge in [0.2, 0.25) is 21.8 Å². The van der Waals surface area contributed by atoms with E-state index in [1.54, 1.807) is 17.9 Å². The van der Waals surface area contributed by atoms with Gasteiger partial charge in [0.15, 0.2) is 0 Å². The lowest BCUT2D eigenvalue weighted by Gasteiger charge is -2.34. The summed E-state index contributed by atoms with van der Waals surface area (Å²) in [5, 5.41) is 3.08. The number of benzene rings is 1. The highest BCUT2D eigenvalue weighted by Crippen LogP contribution is 2.24. The third kappa shape index (κ3) is 5.86. The Kier molecular flexibility index (Phi) is 7.75. The largest absolute Gasteiger partial charge is 0.353 e. The van der Waals surface area contributed by atoms with Crippen LogP contribution in [0.25, 0.3) is 0 Å². The van der Waals surface area contributed by atoms with Gasteiger partial charge in [-0.25, -0.2) is 8.42 Å². The Bertz CT molecular complexity index is 907. The van der Waals surface area contributed by atoms with E-state index in [-0.39, 0.29) is 43.8 Å². The van der Waals surface area contributed by atoms with Crippen LogP contribution < -0.4 is 5.32 Å². The van der Waals surface area contributed by atoms with E-state index in [1.807, 2.05) is 19.1 Å². The molecule has 0 aromatic heterocycles. The minimum atomic E-state index is -3.58. The van der Waals surface area contributed by atoms with Gasteiger partial charge in [0, 0.05) is 45.1 Å². The zero-order valence-electron chi connectivity index (χ0n) is 18.9. The van der Waals surface area contributed by atoms with Crippen LogP contribution in [0.1, 0.15) is 56.6 Å². The normalized spacial score (nSPS) is 22.9. The van der Waals surface area contributed by atoms with Gasteiger partial charge in [-0.1, -0.05) is 31.9 Å². The summed E-state index contributed by atoms with van der Waals surface area (Å²) in [6, 6.07) is 5.64. The predicted octanol–water partition coefficient (Wildman–Crippen LogP) is 2.61. The quantitative estimate of drug-likeness (QED) is 0.723. The van der Waals surface area contributed by atoms with E-state index in [0.717, 1.165) is 30.4 Å². The van der Waals surface area contributed by atoms with E-state index in [9.17, 15) is 18.0 Å². The molecule has 1 aromatic carbocycles. The van der Waals surface area contributed by atoms with E-state index in [0.29, 0.717) is 23.9 Å². The molecule has 2 unspecified atom stereocenters. The van der Waals surface area contributed by atoms with Crippen LogP contribution in [0, 0.1) is 19.8 Å². The zero-order chi connectivity index (χ0) is 22.6. The van der Waals surface area contributed by atoms with Crippen LogP contribution in [-0.4, -0.2) is 61.7 Å². The smallest absolute Gasteiger partial charge is 0.243 e. The summed E-state index contributed by atoms with van der Waals surface area (Å²) < 4.78 is 27.5. The van der Waals surface area contributed by atoms with Crippen molar-refractivity contribution in [3.05, 3.63) is 29.3 Å². The first-order chi connectivity index (χ1) is 14.7. The second-order valence-corrected chi connectivity index (χ2v) is 10.9. The zero-order valence-corrected chi connectivity index (χ0v) is 19.7. The van der Waals surface area contributed by atoms with E-state index in [2.05, 4.69) is 12.2 Å². The number of nitrogens with one attached hydrogen (secondary N) is 1. The number of sulfonamides is 1. The van der Waals surface area contributed by atoms with Gasteiger partial charge in [0.25, 0.3) is 0 Å². The summed E-state index contributed by atoms with van der Waals surface area (Å²) in [5.41, 5.74) is 1.63. The summed E-state index contributed by atoms with van der Waals surface area (Å²) >= 11 is 0. The van der Waals surface area contributed by atoms with E-state index >= 15 is 0 Å². The van der Waals surface area contributed by atoms with Crippen molar-refractivity contribution in [2.75, 3.05) is 26.2 Å². The van der Waals surface area contributed by atoms with E-state index < -0.39 is 10.0 Å². The average Bonchev–Trinajstić information content (AvgIpc) is 2.75. The molecule has 1 saturated carbocycles. The van der Waals surface area contributed by atoms with Crippen LogP contribution in [0.4, 0.5) is 0 Å². The van der Waals surface area contributed by atoms with Gasteiger partial charge in [0.05, 0.1) is 4.90 Å². The van der Waals surface area contributed by atoms with Crippen molar-refractivity contribution < 1.29 is 18.0 Å². The van der Waals surface area contributed by atoms with Crippen LogP contribution in [-0.2, 0) is 19.6 Å². The number of piperazine rings is 1. The molecule has 1 saturated heterocycles. The predicted molar refractivity (Wildman–Crippen MR) is 120 cm³/mol. The molecule has 1 aliphatic carbocycles. The molecule has 2 amide bonds. The lowest BCUT2D eigenvalue weighted by molar-refractivity contribution is -0.134. The van der Waals surface area contributed by atoms with Crippen molar-refractivity contribution in [2.24, 2.45) is 5.92 Å². The Balaban J connectivity index is 1.48. The summed E-state index contributed by atoms with van der Waals surface area (Å²) in [7, 11) is -3.58. The second-order valence-electron chi connectivity index (χ2n) is 8.99. The molecule has 0 radical (unpaired) electrons. The van der Waals surface area contributed by atoms with Crippen molar-refractivity contribution in [3.8, 4) is 0 Å². The molecule has 3 rings (SSSR count). The van der Waals surface area contributed by atoms with Gasteiger partial charge in [-0.15, -0.1) is 0 Å². The molecular formula is C23H35N3O4S. The average molecular weight is 450 g/mol. The van der Waals surface area contributed by atoms with Gasteiger partial charge in [-0.05, 0) is 49.8 Å². The highest BCUT2D eigenvalue weighted by Gasteiger charge is 2.31. The maximum atomic E-state index is 13.0. The Morgan fingerprint density at radius 2 is 1.71 bits per heavy atom. The van der Waals surface area contributed by atoms with Gasteiger partial charge < -0.3 is 10.2 Å². The first kappa shape index (κ1) is 23.7. The third-order valence-corrected chi connectivity index (χ3v) is 8.62. The van der Waals surface area contributed by atoms with Crippen molar-refractivity contribution >= 4 is 21.8 Å². The maximum absolute atomic E-state index is 13.0. The van der Waals surface area contributed by atoms with Crippen LogP contribution in [0.5, 0.6) is 0 Å². The molecule has 2 aliphatic rings. The summed E-state index contributed by atoms with van der Waals surface area (Å²) in [6.07, 6.45) is 4.86. The number of carbonyl (C=O) groups is 2. The van der Waals surface area contributed by atoms with Crippen LogP contribution in [0.15, 0.2) is 23.1 Å². The second kappa shape index (κ2) is 10.1. The minimum absolute atomic E-state index is 0.0664. The fraction of sp³-hybridized carbons (Fsp3) is 0.652. The Morgan fingerprint density at radius 3 is 2.39 bits per heavy atom. The topological polar surface area (TPSA) is 86.8 Å². The molecule has 2 atom stereocenters. The molecule has 1 aliphatic heterocycles. The molecule has 7 nitrogen and oxygen atoms in total. The fourth-order valence-corrected chi connectivity index (χ4v) is 6.22. The number of amides is 2. The molecule has 1 heterocycles. The summed E-state index contributed by atoms with van der Waals surface area (Å²) in [5.74, 6) is 0.333. The molecule has 0 spiro atoms. The molecule has 8 heteroatoms. The number of hydrogen-bond acceptors (Lipinski definition) is 4. The molecule has 1 N–H and O–H groups in total. The van der Waals surface area contributed by atoms with Crippen molar-refractivity contribution in [2.45, 2.75) is 70.2 Å². The van der Waals surface area contributed by atoms with Crippen LogP contribution >= 0.6 is 0 Å². The van der Waals surface area contributed by atoms with Gasteiger partial charge in [-0.2, -0.15) is 4.31 Å². The Hall–Kier alpha value is -1.93. The number of hydrogen-bond donors (Lipinski definition) is 1.